The third kappa shape index (κ3) is 4.62. The fraction of sp³-hybridized carbons (Fsp3) is 0.200. The van der Waals surface area contributed by atoms with Gasteiger partial charge in [0.1, 0.15) is 5.75 Å². The van der Waals surface area contributed by atoms with Gasteiger partial charge in [-0.25, -0.2) is 0 Å². The highest BCUT2D eigenvalue weighted by Crippen LogP contribution is 2.27. The normalized spacial score (nSPS) is 10.2. The summed E-state index contributed by atoms with van der Waals surface area (Å²) in [5.74, 6) is 0.271. The molecule has 0 saturated carbocycles. The summed E-state index contributed by atoms with van der Waals surface area (Å²) in [5.41, 5.74) is 0.817. The summed E-state index contributed by atoms with van der Waals surface area (Å²) < 4.78 is 5.41. The number of amides is 1. The molecule has 1 heterocycles. The maximum atomic E-state index is 12.0. The van der Waals surface area contributed by atoms with Gasteiger partial charge in [-0.2, -0.15) is 0 Å². The predicted octanol–water partition coefficient (Wildman–Crippen LogP) is 3.43. The second-order valence-electron chi connectivity index (χ2n) is 4.43. The summed E-state index contributed by atoms with van der Waals surface area (Å²) in [7, 11) is 1.70. The van der Waals surface area contributed by atoms with E-state index in [1.807, 2.05) is 18.2 Å². The van der Waals surface area contributed by atoms with E-state index in [1.54, 1.807) is 36.3 Å². The number of pyridine rings is 1. The first-order valence-corrected chi connectivity index (χ1v) is 7.03. The summed E-state index contributed by atoms with van der Waals surface area (Å²) in [5, 5.41) is 0.897. The summed E-state index contributed by atoms with van der Waals surface area (Å²) >= 11 is 11.8. The number of carbonyl (C=O) groups excluding carboxylic acids is 1. The predicted molar refractivity (Wildman–Crippen MR) is 82.7 cm³/mol. The molecule has 0 radical (unpaired) electrons. The van der Waals surface area contributed by atoms with Crippen molar-refractivity contribution in [3.8, 4) is 5.75 Å². The van der Waals surface area contributed by atoms with Crippen LogP contribution in [0, 0.1) is 0 Å². The second kappa shape index (κ2) is 7.29. The average Bonchev–Trinajstić information content (AvgIpc) is 2.47. The van der Waals surface area contributed by atoms with Crippen LogP contribution in [0.4, 0.5) is 0 Å². The van der Waals surface area contributed by atoms with Crippen LogP contribution in [-0.4, -0.2) is 29.4 Å². The van der Waals surface area contributed by atoms with Gasteiger partial charge in [0.05, 0.1) is 17.3 Å². The van der Waals surface area contributed by atoms with Crippen LogP contribution in [0.15, 0.2) is 42.6 Å². The molecule has 0 atom stereocenters. The first-order valence-electron chi connectivity index (χ1n) is 6.28. The maximum absolute atomic E-state index is 12.0. The van der Waals surface area contributed by atoms with Gasteiger partial charge in [0.15, 0.2) is 6.61 Å². The molecule has 4 nitrogen and oxygen atoms in total. The molecule has 0 aliphatic carbocycles. The van der Waals surface area contributed by atoms with E-state index in [-0.39, 0.29) is 12.5 Å². The van der Waals surface area contributed by atoms with Gasteiger partial charge in [0.25, 0.3) is 5.91 Å². The van der Waals surface area contributed by atoms with E-state index in [9.17, 15) is 4.79 Å². The first kappa shape index (κ1) is 15.6. The molecule has 0 N–H and O–H groups in total. The van der Waals surface area contributed by atoms with Crippen molar-refractivity contribution in [3.05, 3.63) is 58.3 Å². The molecule has 6 heteroatoms. The number of hydrogen-bond acceptors (Lipinski definition) is 3. The molecule has 1 aromatic heterocycles. The van der Waals surface area contributed by atoms with Crippen LogP contribution in [0.25, 0.3) is 0 Å². The Morgan fingerprint density at radius 1 is 1.29 bits per heavy atom. The number of halogens is 2. The molecule has 0 bridgehead atoms. The van der Waals surface area contributed by atoms with E-state index < -0.39 is 0 Å². The summed E-state index contributed by atoms with van der Waals surface area (Å²) in [6.45, 7) is 0.335. The van der Waals surface area contributed by atoms with Crippen molar-refractivity contribution in [3.63, 3.8) is 0 Å². The number of nitrogens with zero attached hydrogens (tertiary/aromatic N) is 2. The third-order valence-corrected chi connectivity index (χ3v) is 3.33. The third-order valence-electron chi connectivity index (χ3n) is 2.80. The average molecular weight is 325 g/mol. The van der Waals surface area contributed by atoms with Crippen molar-refractivity contribution in [1.29, 1.82) is 0 Å². The van der Waals surface area contributed by atoms with Crippen molar-refractivity contribution < 1.29 is 9.53 Å². The highest BCUT2D eigenvalue weighted by Gasteiger charge is 2.12. The topological polar surface area (TPSA) is 42.4 Å². The highest BCUT2D eigenvalue weighted by molar-refractivity contribution is 6.35. The lowest BCUT2D eigenvalue weighted by molar-refractivity contribution is -0.132. The van der Waals surface area contributed by atoms with Crippen molar-refractivity contribution >= 4 is 29.1 Å². The lowest BCUT2D eigenvalue weighted by atomic mass is 10.3. The van der Waals surface area contributed by atoms with E-state index in [0.29, 0.717) is 22.3 Å². The van der Waals surface area contributed by atoms with Gasteiger partial charge < -0.3 is 9.64 Å². The number of ether oxygens (including phenoxy) is 1. The second-order valence-corrected chi connectivity index (χ2v) is 5.28. The van der Waals surface area contributed by atoms with E-state index >= 15 is 0 Å². The fourth-order valence-corrected chi connectivity index (χ4v) is 2.13. The zero-order chi connectivity index (χ0) is 15.2. The quantitative estimate of drug-likeness (QED) is 0.846. The Balaban J connectivity index is 1.89. The molecule has 0 fully saturated rings. The highest BCUT2D eigenvalue weighted by atomic mass is 35.5. The molecule has 0 aliphatic rings. The van der Waals surface area contributed by atoms with Crippen LogP contribution >= 0.6 is 23.2 Å². The van der Waals surface area contributed by atoms with Crippen LogP contribution in [0.3, 0.4) is 0 Å². The minimum Gasteiger partial charge on any atom is -0.482 e. The van der Waals surface area contributed by atoms with Gasteiger partial charge >= 0.3 is 0 Å². The van der Waals surface area contributed by atoms with E-state index in [4.69, 9.17) is 27.9 Å². The molecule has 1 amide bonds. The Hall–Kier alpha value is -1.78. The summed E-state index contributed by atoms with van der Waals surface area (Å²) in [6.07, 6.45) is 1.69. The molecule has 1 aromatic carbocycles. The smallest absolute Gasteiger partial charge is 0.260 e. The van der Waals surface area contributed by atoms with Crippen LogP contribution in [0.2, 0.25) is 10.0 Å². The van der Waals surface area contributed by atoms with Crippen LogP contribution in [0.1, 0.15) is 5.69 Å². The number of benzene rings is 1. The van der Waals surface area contributed by atoms with Crippen LogP contribution in [0.5, 0.6) is 5.75 Å². The van der Waals surface area contributed by atoms with Gasteiger partial charge in [-0.3, -0.25) is 9.78 Å². The minimum absolute atomic E-state index is 0.0926. The number of rotatable bonds is 5. The van der Waals surface area contributed by atoms with Crippen molar-refractivity contribution in [1.82, 2.24) is 9.88 Å². The Morgan fingerprint density at radius 3 is 2.76 bits per heavy atom. The molecular weight excluding hydrogens is 311 g/mol. The van der Waals surface area contributed by atoms with Gasteiger partial charge in [-0.15, -0.1) is 0 Å². The standard InChI is InChI=1S/C15H14Cl2N2O2/c1-19(9-12-4-2-3-7-18-12)15(20)10-21-14-6-5-11(16)8-13(14)17/h2-8H,9-10H2,1H3. The van der Waals surface area contributed by atoms with Gasteiger partial charge in [0.2, 0.25) is 0 Å². The number of likely N-dealkylation sites (N-methyl/N-ethyl adjacent to an activating group) is 1. The zero-order valence-electron chi connectivity index (χ0n) is 11.4. The SMILES string of the molecule is CN(Cc1ccccn1)C(=O)COc1ccc(Cl)cc1Cl. The summed E-state index contributed by atoms with van der Waals surface area (Å²) in [6, 6.07) is 10.4. The van der Waals surface area contributed by atoms with Crippen molar-refractivity contribution in [2.24, 2.45) is 0 Å². The van der Waals surface area contributed by atoms with Crippen LogP contribution in [-0.2, 0) is 11.3 Å². The fourth-order valence-electron chi connectivity index (χ4n) is 1.66. The molecule has 2 rings (SSSR count). The Bertz CT molecular complexity index is 620. The largest absolute Gasteiger partial charge is 0.482 e. The van der Waals surface area contributed by atoms with Gasteiger partial charge in [0, 0.05) is 18.3 Å². The van der Waals surface area contributed by atoms with Crippen molar-refractivity contribution in [2.75, 3.05) is 13.7 Å². The molecule has 110 valence electrons. The Morgan fingerprint density at radius 2 is 2.10 bits per heavy atom. The molecule has 0 spiro atoms. The monoisotopic (exact) mass is 324 g/mol. The number of carbonyl (C=O) groups is 1. The summed E-state index contributed by atoms with van der Waals surface area (Å²) in [4.78, 5) is 17.7. The molecular formula is C15H14Cl2N2O2. The van der Waals surface area contributed by atoms with E-state index in [0.717, 1.165) is 5.69 Å². The molecule has 0 saturated heterocycles. The zero-order valence-corrected chi connectivity index (χ0v) is 12.9. The molecule has 2 aromatic rings. The van der Waals surface area contributed by atoms with Crippen molar-refractivity contribution in [2.45, 2.75) is 6.54 Å². The Kier molecular flexibility index (Phi) is 5.42. The maximum Gasteiger partial charge on any atom is 0.260 e. The number of aromatic nitrogens is 1. The molecule has 21 heavy (non-hydrogen) atoms. The van der Waals surface area contributed by atoms with Gasteiger partial charge in [-0.1, -0.05) is 29.3 Å². The molecule has 0 aliphatic heterocycles. The lowest BCUT2D eigenvalue weighted by Crippen LogP contribution is -2.31. The van der Waals surface area contributed by atoms with E-state index in [1.165, 1.54) is 0 Å². The number of hydrogen-bond donors (Lipinski definition) is 0. The van der Waals surface area contributed by atoms with E-state index in [2.05, 4.69) is 4.98 Å². The first-order chi connectivity index (χ1) is 10.1. The Labute approximate surface area is 133 Å². The molecule has 0 unspecified atom stereocenters. The van der Waals surface area contributed by atoms with Crippen LogP contribution < -0.4 is 4.74 Å². The van der Waals surface area contributed by atoms with Gasteiger partial charge in [-0.05, 0) is 30.3 Å². The lowest BCUT2D eigenvalue weighted by Gasteiger charge is -2.17. The minimum atomic E-state index is -0.160.